The Balaban J connectivity index is 1.09. The second kappa shape index (κ2) is 25.7. The lowest BCUT2D eigenvalue weighted by atomic mass is 9.97. The molecular formula is C56H60O12. The number of hydrogen-bond donors (Lipinski definition) is 1. The molecule has 2 aliphatic heterocycles. The lowest BCUT2D eigenvalue weighted by Gasteiger charge is -2.47. The van der Waals surface area contributed by atoms with Gasteiger partial charge in [-0.3, -0.25) is 4.79 Å². The zero-order valence-electron chi connectivity index (χ0n) is 38.2. The van der Waals surface area contributed by atoms with Crippen molar-refractivity contribution in [3.05, 3.63) is 215 Å². The maximum Gasteiger partial charge on any atom is 0.303 e. The number of hydrogen-bond acceptors (Lipinski definition) is 12. The Morgan fingerprint density at radius 3 is 1.10 bits per heavy atom. The molecule has 68 heavy (non-hydrogen) atoms. The fourth-order valence-electron chi connectivity index (χ4n) is 8.34. The van der Waals surface area contributed by atoms with Gasteiger partial charge >= 0.3 is 5.97 Å². The molecule has 356 valence electrons. The minimum atomic E-state index is -1.45. The van der Waals surface area contributed by atoms with Gasteiger partial charge in [-0.25, -0.2) is 0 Å². The summed E-state index contributed by atoms with van der Waals surface area (Å²) in [7, 11) is 0. The Hall–Kier alpha value is -5.61. The normalized spacial score (nSPS) is 24.9. The van der Waals surface area contributed by atoms with Gasteiger partial charge in [0.05, 0.1) is 52.9 Å². The summed E-state index contributed by atoms with van der Waals surface area (Å²) in [5.41, 5.74) is 5.59. The van der Waals surface area contributed by atoms with Gasteiger partial charge in [0.1, 0.15) is 42.7 Å². The van der Waals surface area contributed by atoms with Crippen LogP contribution in [0.15, 0.2) is 182 Å². The summed E-state index contributed by atoms with van der Waals surface area (Å²) in [6.07, 6.45) is -9.79. The largest absolute Gasteiger partial charge is 0.454 e. The lowest BCUT2D eigenvalue weighted by molar-refractivity contribution is -0.345. The average molecular weight is 925 g/mol. The molecule has 6 aromatic rings. The minimum absolute atomic E-state index is 0.0868. The number of ether oxygens (including phenoxy) is 10. The molecule has 12 nitrogen and oxygen atoms in total. The molecule has 0 bridgehead atoms. The van der Waals surface area contributed by atoms with E-state index in [1.54, 1.807) is 0 Å². The number of carbonyl (C=O) groups is 1. The van der Waals surface area contributed by atoms with Crippen molar-refractivity contribution in [2.45, 2.75) is 108 Å². The van der Waals surface area contributed by atoms with Gasteiger partial charge in [-0.05, 0) is 33.4 Å². The molecule has 0 aromatic heterocycles. The molecule has 0 spiro atoms. The highest BCUT2D eigenvalue weighted by molar-refractivity contribution is 5.66. The molecule has 2 aliphatic rings. The van der Waals surface area contributed by atoms with Gasteiger partial charge in [0.2, 0.25) is 0 Å². The van der Waals surface area contributed by atoms with E-state index in [4.69, 9.17) is 47.4 Å². The van der Waals surface area contributed by atoms with Crippen molar-refractivity contribution in [1.82, 2.24) is 0 Å². The van der Waals surface area contributed by atoms with E-state index in [-0.39, 0.29) is 46.2 Å². The number of benzene rings is 6. The van der Waals surface area contributed by atoms with Crippen molar-refractivity contribution in [2.75, 3.05) is 13.2 Å². The number of carbonyl (C=O) groups excluding carboxylic acids is 1. The standard InChI is InChI=1S/C56H60O12/c1-40(57)66-54-52(63-36-45-28-16-6-17-29-45)49(60-33-42-22-10-3-11-23-42)47(38-59-32-41-20-8-2-9-21-41)68-56(54)65-39-48-50(61-34-43-24-12-4-13-25-43)51(62-35-44-26-14-5-15-27-44)53(55(58)67-48)64-37-46-30-18-7-19-31-46/h2-31,47-56,58H,32-39H2,1H3/t47-,48-,49-,50-,51+,52+,53+,54+,55?,56+/m1/s1. The van der Waals surface area contributed by atoms with E-state index in [1.807, 2.05) is 182 Å². The van der Waals surface area contributed by atoms with Gasteiger partial charge in [0, 0.05) is 6.92 Å². The SMILES string of the molecule is CC(=O)O[C@@H]1[C@@H](OC[C@H]2OC(O)[C@@H](OCc3ccccc3)[C@@H](OCc3ccccc3)[C@@H]2OCc2ccccc2)O[C@H](COCc2ccccc2)[C@@H](OCc2ccccc2)[C@@H]1OCc1ccccc1. The van der Waals surface area contributed by atoms with Crippen molar-refractivity contribution in [3.8, 4) is 0 Å². The van der Waals surface area contributed by atoms with Crippen molar-refractivity contribution >= 4 is 5.97 Å². The number of esters is 1. The second-order valence-electron chi connectivity index (χ2n) is 16.8. The summed E-state index contributed by atoms with van der Waals surface area (Å²) in [4.78, 5) is 13.1. The summed E-state index contributed by atoms with van der Waals surface area (Å²) in [5, 5.41) is 11.8. The van der Waals surface area contributed by atoms with Crippen molar-refractivity contribution in [1.29, 1.82) is 0 Å². The fourth-order valence-corrected chi connectivity index (χ4v) is 8.34. The van der Waals surface area contributed by atoms with E-state index in [0.717, 1.165) is 33.4 Å². The third-order valence-corrected chi connectivity index (χ3v) is 11.7. The highest BCUT2D eigenvalue weighted by Gasteiger charge is 2.52. The van der Waals surface area contributed by atoms with Crippen LogP contribution in [-0.2, 0) is 91.8 Å². The molecule has 2 heterocycles. The van der Waals surface area contributed by atoms with Crippen LogP contribution in [0.2, 0.25) is 0 Å². The third kappa shape index (κ3) is 14.2. The maximum absolute atomic E-state index is 13.1. The average Bonchev–Trinajstić information content (AvgIpc) is 3.38. The lowest BCUT2D eigenvalue weighted by Crippen LogP contribution is -2.64. The topological polar surface area (TPSA) is 130 Å². The van der Waals surface area contributed by atoms with E-state index in [2.05, 4.69) is 0 Å². The van der Waals surface area contributed by atoms with Gasteiger partial charge in [0.25, 0.3) is 0 Å². The second-order valence-corrected chi connectivity index (χ2v) is 16.8. The Morgan fingerprint density at radius 2 is 0.721 bits per heavy atom. The molecule has 6 aromatic carbocycles. The van der Waals surface area contributed by atoms with Gasteiger partial charge in [0.15, 0.2) is 18.7 Å². The van der Waals surface area contributed by atoms with E-state index < -0.39 is 67.4 Å². The summed E-state index contributed by atoms with van der Waals surface area (Å²) in [6, 6.07) is 58.6. The van der Waals surface area contributed by atoms with E-state index >= 15 is 0 Å². The zero-order valence-corrected chi connectivity index (χ0v) is 38.2. The molecule has 12 heteroatoms. The van der Waals surface area contributed by atoms with Crippen LogP contribution in [0, 0.1) is 0 Å². The van der Waals surface area contributed by atoms with Gasteiger partial charge in [-0.15, -0.1) is 0 Å². The minimum Gasteiger partial charge on any atom is -0.454 e. The van der Waals surface area contributed by atoms with E-state index in [9.17, 15) is 9.90 Å². The highest BCUT2D eigenvalue weighted by Crippen LogP contribution is 2.34. The van der Waals surface area contributed by atoms with Crippen LogP contribution in [0.5, 0.6) is 0 Å². The molecule has 0 radical (unpaired) electrons. The van der Waals surface area contributed by atoms with Crippen LogP contribution in [0.4, 0.5) is 0 Å². The zero-order chi connectivity index (χ0) is 46.8. The van der Waals surface area contributed by atoms with Crippen molar-refractivity contribution in [3.63, 3.8) is 0 Å². The predicted octanol–water partition coefficient (Wildman–Crippen LogP) is 8.52. The molecule has 2 saturated heterocycles. The Kier molecular flexibility index (Phi) is 18.4. The van der Waals surface area contributed by atoms with Crippen LogP contribution in [0.3, 0.4) is 0 Å². The fraction of sp³-hybridized carbons (Fsp3) is 0.339. The predicted molar refractivity (Wildman–Crippen MR) is 252 cm³/mol. The summed E-state index contributed by atoms with van der Waals surface area (Å²) in [5.74, 6) is -0.567. The molecule has 1 unspecified atom stereocenters. The van der Waals surface area contributed by atoms with Crippen molar-refractivity contribution in [2.24, 2.45) is 0 Å². The molecule has 2 fully saturated rings. The van der Waals surface area contributed by atoms with Gasteiger partial charge < -0.3 is 52.5 Å². The number of aliphatic hydroxyl groups excluding tert-OH is 1. The Labute approximate surface area is 398 Å². The van der Waals surface area contributed by atoms with Crippen molar-refractivity contribution < 1.29 is 57.3 Å². The first-order valence-corrected chi connectivity index (χ1v) is 23.1. The number of aliphatic hydroxyl groups is 1. The van der Waals surface area contributed by atoms with Crippen LogP contribution in [0.25, 0.3) is 0 Å². The first kappa shape index (κ1) is 48.8. The molecule has 8 rings (SSSR count). The van der Waals surface area contributed by atoms with Crippen LogP contribution in [0.1, 0.15) is 40.3 Å². The molecule has 0 saturated carbocycles. The van der Waals surface area contributed by atoms with Crippen LogP contribution < -0.4 is 0 Å². The molecule has 0 aliphatic carbocycles. The smallest absolute Gasteiger partial charge is 0.303 e. The summed E-state index contributed by atoms with van der Waals surface area (Å²) in [6.45, 7) is 2.54. The molecule has 0 amide bonds. The molecule has 10 atom stereocenters. The van der Waals surface area contributed by atoms with Gasteiger partial charge in [-0.1, -0.05) is 182 Å². The quantitative estimate of drug-likeness (QED) is 0.0619. The molecule has 1 N–H and O–H groups in total. The summed E-state index contributed by atoms with van der Waals surface area (Å²) >= 11 is 0. The van der Waals surface area contributed by atoms with E-state index in [0.29, 0.717) is 6.61 Å². The monoisotopic (exact) mass is 924 g/mol. The first-order chi connectivity index (χ1) is 33.5. The summed E-state index contributed by atoms with van der Waals surface area (Å²) < 4.78 is 65.7. The Morgan fingerprint density at radius 1 is 0.397 bits per heavy atom. The third-order valence-electron chi connectivity index (χ3n) is 11.7. The Bertz CT molecular complexity index is 2330. The first-order valence-electron chi connectivity index (χ1n) is 23.1. The van der Waals surface area contributed by atoms with Crippen LogP contribution >= 0.6 is 0 Å². The van der Waals surface area contributed by atoms with Gasteiger partial charge in [-0.2, -0.15) is 0 Å². The number of rotatable bonds is 23. The van der Waals surface area contributed by atoms with Crippen LogP contribution in [-0.4, -0.2) is 85.7 Å². The molecular weight excluding hydrogens is 865 g/mol. The van der Waals surface area contributed by atoms with E-state index in [1.165, 1.54) is 6.92 Å². The maximum atomic E-state index is 13.1. The highest BCUT2D eigenvalue weighted by atomic mass is 16.7.